The van der Waals surface area contributed by atoms with E-state index in [1.54, 1.807) is 0 Å². The molecule has 2 rings (SSSR count). The van der Waals surface area contributed by atoms with Gasteiger partial charge in [-0.05, 0) is 32.3 Å². The van der Waals surface area contributed by atoms with Gasteiger partial charge in [-0.3, -0.25) is 4.90 Å². The zero-order valence-corrected chi connectivity index (χ0v) is 12.7. The van der Waals surface area contributed by atoms with Gasteiger partial charge in [-0.25, -0.2) is 9.97 Å². The number of morpholine rings is 1. The third-order valence-corrected chi connectivity index (χ3v) is 3.86. The molecule has 0 saturated carbocycles. The molecule has 1 aliphatic heterocycles. The summed E-state index contributed by atoms with van der Waals surface area (Å²) in [6.45, 7) is 9.10. The molecule has 2 unspecified atom stereocenters. The van der Waals surface area contributed by atoms with Crippen molar-refractivity contribution in [2.24, 2.45) is 5.73 Å². The smallest absolute Gasteiger partial charge is 0.158 e. The van der Waals surface area contributed by atoms with Crippen molar-refractivity contribution >= 4 is 0 Å². The molecule has 1 aliphatic rings. The number of hydrogen-bond acceptors (Lipinski definition) is 5. The van der Waals surface area contributed by atoms with Crippen LogP contribution in [0.25, 0.3) is 0 Å². The molecule has 0 amide bonds. The Morgan fingerprint density at radius 3 is 2.70 bits per heavy atom. The molecule has 2 heterocycles. The molecule has 0 aliphatic carbocycles. The van der Waals surface area contributed by atoms with Crippen molar-refractivity contribution in [1.82, 2.24) is 14.9 Å². The van der Waals surface area contributed by atoms with Gasteiger partial charge in [0.25, 0.3) is 0 Å². The van der Waals surface area contributed by atoms with Gasteiger partial charge in [0.1, 0.15) is 6.10 Å². The van der Waals surface area contributed by atoms with Crippen molar-refractivity contribution < 1.29 is 4.74 Å². The van der Waals surface area contributed by atoms with E-state index in [9.17, 15) is 0 Å². The standard InChI is InChI=1S/C15H26N4O/c1-4-13(16)7-12-8-17-15(18-9-12)14-10-19(11(2)3)5-6-20-14/h8-9,11,13-14H,4-7,10,16H2,1-3H3. The van der Waals surface area contributed by atoms with Crippen LogP contribution >= 0.6 is 0 Å². The van der Waals surface area contributed by atoms with Crippen LogP contribution in [0.1, 0.15) is 44.7 Å². The lowest BCUT2D eigenvalue weighted by Gasteiger charge is -2.34. The zero-order valence-electron chi connectivity index (χ0n) is 12.7. The van der Waals surface area contributed by atoms with Gasteiger partial charge in [0.05, 0.1) is 6.61 Å². The fraction of sp³-hybridized carbons (Fsp3) is 0.733. The summed E-state index contributed by atoms with van der Waals surface area (Å²) in [7, 11) is 0. The van der Waals surface area contributed by atoms with E-state index in [2.05, 4.69) is 35.6 Å². The monoisotopic (exact) mass is 278 g/mol. The quantitative estimate of drug-likeness (QED) is 0.885. The van der Waals surface area contributed by atoms with Gasteiger partial charge in [-0.15, -0.1) is 0 Å². The summed E-state index contributed by atoms with van der Waals surface area (Å²) in [6, 6.07) is 0.718. The maximum atomic E-state index is 5.95. The Bertz CT molecular complexity index is 407. The minimum Gasteiger partial charge on any atom is -0.368 e. The highest BCUT2D eigenvalue weighted by atomic mass is 16.5. The molecule has 1 saturated heterocycles. The van der Waals surface area contributed by atoms with Gasteiger partial charge in [-0.1, -0.05) is 6.92 Å². The molecular weight excluding hydrogens is 252 g/mol. The number of nitrogens with zero attached hydrogens (tertiary/aromatic N) is 3. The molecule has 20 heavy (non-hydrogen) atoms. The molecule has 0 radical (unpaired) electrons. The van der Waals surface area contributed by atoms with E-state index >= 15 is 0 Å². The lowest BCUT2D eigenvalue weighted by Crippen LogP contribution is -2.42. The second-order valence-corrected chi connectivity index (χ2v) is 5.77. The first kappa shape index (κ1) is 15.4. The fourth-order valence-electron chi connectivity index (χ4n) is 2.38. The normalized spacial score (nSPS) is 22.1. The first-order valence-corrected chi connectivity index (χ1v) is 7.52. The fourth-order valence-corrected chi connectivity index (χ4v) is 2.38. The third-order valence-electron chi connectivity index (χ3n) is 3.86. The Labute approximate surface area is 121 Å². The maximum absolute atomic E-state index is 5.95. The second-order valence-electron chi connectivity index (χ2n) is 5.77. The summed E-state index contributed by atoms with van der Waals surface area (Å²) in [4.78, 5) is 11.3. The van der Waals surface area contributed by atoms with Crippen molar-refractivity contribution in [3.05, 3.63) is 23.8 Å². The van der Waals surface area contributed by atoms with Crippen molar-refractivity contribution in [1.29, 1.82) is 0 Å². The third kappa shape index (κ3) is 3.98. The SMILES string of the molecule is CCC(N)Cc1cnc(C2CN(C(C)C)CCO2)nc1. The van der Waals surface area contributed by atoms with Gasteiger partial charge in [0.2, 0.25) is 0 Å². The highest BCUT2D eigenvalue weighted by molar-refractivity contribution is 5.08. The van der Waals surface area contributed by atoms with Gasteiger partial charge in [-0.2, -0.15) is 0 Å². The van der Waals surface area contributed by atoms with Crippen LogP contribution in [0.5, 0.6) is 0 Å². The van der Waals surface area contributed by atoms with E-state index in [1.807, 2.05) is 12.4 Å². The van der Waals surface area contributed by atoms with Crippen LogP contribution in [0.2, 0.25) is 0 Å². The Kier molecular flexibility index (Phi) is 5.46. The molecular formula is C15H26N4O. The topological polar surface area (TPSA) is 64.3 Å². The molecule has 2 N–H and O–H groups in total. The lowest BCUT2D eigenvalue weighted by atomic mass is 10.1. The van der Waals surface area contributed by atoms with Crippen LogP contribution in [0.15, 0.2) is 12.4 Å². The average Bonchev–Trinajstić information content (AvgIpc) is 2.48. The number of hydrogen-bond donors (Lipinski definition) is 1. The minimum absolute atomic E-state index is 0.0138. The van der Waals surface area contributed by atoms with Crippen LogP contribution in [-0.4, -0.2) is 46.6 Å². The van der Waals surface area contributed by atoms with Crippen LogP contribution in [0, 0.1) is 0 Å². The molecule has 1 aromatic rings. The van der Waals surface area contributed by atoms with E-state index in [4.69, 9.17) is 10.5 Å². The summed E-state index contributed by atoms with van der Waals surface area (Å²) in [5.41, 5.74) is 7.05. The van der Waals surface area contributed by atoms with Gasteiger partial charge in [0.15, 0.2) is 5.82 Å². The van der Waals surface area contributed by atoms with E-state index in [0.717, 1.165) is 43.9 Å². The molecule has 5 nitrogen and oxygen atoms in total. The molecule has 5 heteroatoms. The first-order chi connectivity index (χ1) is 9.60. The highest BCUT2D eigenvalue weighted by Crippen LogP contribution is 2.20. The largest absolute Gasteiger partial charge is 0.368 e. The van der Waals surface area contributed by atoms with Crippen LogP contribution < -0.4 is 5.73 Å². The van der Waals surface area contributed by atoms with Crippen molar-refractivity contribution in [3.63, 3.8) is 0 Å². The van der Waals surface area contributed by atoms with Crippen molar-refractivity contribution in [2.45, 2.75) is 51.8 Å². The molecule has 0 spiro atoms. The van der Waals surface area contributed by atoms with E-state index in [1.165, 1.54) is 0 Å². The molecule has 2 atom stereocenters. The number of ether oxygens (including phenoxy) is 1. The summed E-state index contributed by atoms with van der Waals surface area (Å²) >= 11 is 0. The average molecular weight is 278 g/mol. The van der Waals surface area contributed by atoms with Gasteiger partial charge < -0.3 is 10.5 Å². The minimum atomic E-state index is -0.0138. The molecule has 1 aromatic heterocycles. The van der Waals surface area contributed by atoms with Crippen LogP contribution in [0.3, 0.4) is 0 Å². The summed E-state index contributed by atoms with van der Waals surface area (Å²) in [5.74, 6) is 0.782. The summed E-state index contributed by atoms with van der Waals surface area (Å²) in [5, 5.41) is 0. The predicted octanol–water partition coefficient (Wildman–Crippen LogP) is 1.54. The predicted molar refractivity (Wildman–Crippen MR) is 79.4 cm³/mol. The number of aromatic nitrogens is 2. The number of rotatable bonds is 5. The Morgan fingerprint density at radius 2 is 2.10 bits per heavy atom. The molecule has 0 aromatic carbocycles. The number of nitrogens with two attached hydrogens (primary N) is 1. The Balaban J connectivity index is 1.98. The van der Waals surface area contributed by atoms with Crippen LogP contribution in [-0.2, 0) is 11.2 Å². The zero-order chi connectivity index (χ0) is 14.5. The second kappa shape index (κ2) is 7.11. The molecule has 0 bridgehead atoms. The van der Waals surface area contributed by atoms with Crippen molar-refractivity contribution in [3.8, 4) is 0 Å². The molecule has 1 fully saturated rings. The maximum Gasteiger partial charge on any atom is 0.158 e. The Hall–Kier alpha value is -1.04. The van der Waals surface area contributed by atoms with Gasteiger partial charge in [0, 0.05) is 37.6 Å². The van der Waals surface area contributed by atoms with E-state index in [-0.39, 0.29) is 12.1 Å². The summed E-state index contributed by atoms with van der Waals surface area (Å²) in [6.07, 6.45) is 5.56. The summed E-state index contributed by atoms with van der Waals surface area (Å²) < 4.78 is 5.80. The lowest BCUT2D eigenvalue weighted by molar-refractivity contribution is -0.0443. The molecule has 112 valence electrons. The van der Waals surface area contributed by atoms with E-state index < -0.39 is 0 Å². The van der Waals surface area contributed by atoms with Crippen molar-refractivity contribution in [2.75, 3.05) is 19.7 Å². The Morgan fingerprint density at radius 1 is 1.40 bits per heavy atom. The van der Waals surface area contributed by atoms with E-state index in [0.29, 0.717) is 6.04 Å². The van der Waals surface area contributed by atoms with Gasteiger partial charge >= 0.3 is 0 Å². The van der Waals surface area contributed by atoms with Crippen LogP contribution in [0.4, 0.5) is 0 Å². The highest BCUT2D eigenvalue weighted by Gasteiger charge is 2.25. The first-order valence-electron chi connectivity index (χ1n) is 7.52.